The number of hydrogen-bond acceptors (Lipinski definition) is 5. The molecule has 166 valence electrons. The van der Waals surface area contributed by atoms with Gasteiger partial charge in [0.15, 0.2) is 5.65 Å². The number of rotatable bonds is 8. The van der Waals surface area contributed by atoms with Gasteiger partial charge in [-0.25, -0.2) is 4.98 Å². The second-order valence-corrected chi connectivity index (χ2v) is 8.78. The molecule has 2 aromatic heterocycles. The normalized spacial score (nSPS) is 11.8. The van der Waals surface area contributed by atoms with Crippen LogP contribution in [0.2, 0.25) is 0 Å². The first-order chi connectivity index (χ1) is 15.5. The number of nitrogens with one attached hydrogen (secondary N) is 1. The summed E-state index contributed by atoms with van der Waals surface area (Å²) in [4.78, 5) is 4.99. The van der Waals surface area contributed by atoms with Crippen LogP contribution in [-0.2, 0) is 10.2 Å². The average molecular weight is 431 g/mol. The van der Waals surface area contributed by atoms with E-state index in [1.165, 1.54) is 5.56 Å². The van der Waals surface area contributed by atoms with E-state index in [0.717, 1.165) is 33.8 Å². The minimum absolute atomic E-state index is 0.0216. The summed E-state index contributed by atoms with van der Waals surface area (Å²) in [6.45, 7) is 8.10. The molecule has 0 bridgehead atoms. The number of anilines is 1. The molecule has 2 aromatic carbocycles. The Labute approximate surface area is 188 Å². The molecular weight excluding hydrogens is 400 g/mol. The lowest BCUT2D eigenvalue weighted by molar-refractivity contribution is 0.0991. The molecule has 2 heterocycles. The van der Waals surface area contributed by atoms with Crippen LogP contribution in [0.15, 0.2) is 66.9 Å². The number of aromatic nitrogens is 3. The highest BCUT2D eigenvalue weighted by atomic mass is 16.5. The molecule has 0 unspecified atom stereocenters. The molecule has 0 aliphatic rings. The molecule has 0 aliphatic heterocycles. The Balaban J connectivity index is 1.78. The maximum atomic E-state index is 8.90. The van der Waals surface area contributed by atoms with Gasteiger partial charge in [-0.1, -0.05) is 75.4 Å². The molecule has 32 heavy (non-hydrogen) atoms. The van der Waals surface area contributed by atoms with Gasteiger partial charge in [0.05, 0.1) is 31.7 Å². The molecule has 0 spiro atoms. The fourth-order valence-corrected chi connectivity index (χ4v) is 3.62. The first-order valence-corrected chi connectivity index (χ1v) is 10.9. The van der Waals surface area contributed by atoms with Gasteiger partial charge >= 0.3 is 0 Å². The van der Waals surface area contributed by atoms with Crippen LogP contribution < -0.4 is 5.32 Å². The van der Waals surface area contributed by atoms with Crippen LogP contribution in [0, 0.1) is 0 Å². The van der Waals surface area contributed by atoms with E-state index in [0.29, 0.717) is 19.8 Å². The molecule has 0 atom stereocenters. The zero-order valence-electron chi connectivity index (χ0n) is 18.9. The van der Waals surface area contributed by atoms with Crippen LogP contribution in [0.3, 0.4) is 0 Å². The number of benzene rings is 2. The van der Waals surface area contributed by atoms with Crippen molar-refractivity contribution in [2.24, 2.45) is 0 Å². The van der Waals surface area contributed by atoms with Crippen molar-refractivity contribution in [1.82, 2.24) is 14.6 Å². The van der Waals surface area contributed by atoms with E-state index in [1.807, 2.05) is 35.0 Å². The van der Waals surface area contributed by atoms with Gasteiger partial charge in [-0.3, -0.25) is 0 Å². The molecule has 2 N–H and O–H groups in total. The van der Waals surface area contributed by atoms with Gasteiger partial charge in [-0.2, -0.15) is 9.61 Å². The Kier molecular flexibility index (Phi) is 6.53. The van der Waals surface area contributed by atoms with Crippen LogP contribution in [-0.4, -0.2) is 46.1 Å². The lowest BCUT2D eigenvalue weighted by Gasteiger charge is -2.19. The quantitative estimate of drug-likeness (QED) is 0.394. The van der Waals surface area contributed by atoms with Gasteiger partial charge in [0.1, 0.15) is 5.82 Å². The van der Waals surface area contributed by atoms with Crippen LogP contribution in [0.25, 0.3) is 28.0 Å². The summed E-state index contributed by atoms with van der Waals surface area (Å²) in [7, 11) is 0. The van der Waals surface area contributed by atoms with Crippen molar-refractivity contribution in [2.75, 3.05) is 31.7 Å². The lowest BCUT2D eigenvalue weighted by atomic mass is 9.85. The SMILES string of the molecule is CC(C)(C)c1cccc(-c2cnn3c(NCCOCCO)cc(-c4ccccc4)nc23)c1. The molecule has 6 heteroatoms. The summed E-state index contributed by atoms with van der Waals surface area (Å²) in [6.07, 6.45) is 1.88. The molecule has 0 amide bonds. The number of nitrogens with zero attached hydrogens (tertiary/aromatic N) is 3. The third-order valence-electron chi connectivity index (χ3n) is 5.37. The molecule has 4 aromatic rings. The summed E-state index contributed by atoms with van der Waals surface area (Å²) >= 11 is 0. The van der Waals surface area contributed by atoms with Gasteiger partial charge in [0.2, 0.25) is 0 Å². The number of aliphatic hydroxyl groups is 1. The third-order valence-corrected chi connectivity index (χ3v) is 5.37. The highest BCUT2D eigenvalue weighted by molar-refractivity contribution is 5.80. The Morgan fingerprint density at radius 3 is 2.50 bits per heavy atom. The molecule has 0 fully saturated rings. The highest BCUT2D eigenvalue weighted by Gasteiger charge is 2.17. The first kappa shape index (κ1) is 22.0. The number of aliphatic hydroxyl groups excluding tert-OH is 1. The number of fused-ring (bicyclic) bond motifs is 1. The molecule has 0 saturated heterocycles. The molecule has 4 rings (SSSR count). The fraction of sp³-hybridized carbons (Fsp3) is 0.308. The van der Waals surface area contributed by atoms with Gasteiger partial charge in [0.25, 0.3) is 0 Å². The molecular formula is C26H30N4O2. The van der Waals surface area contributed by atoms with Crippen molar-refractivity contribution in [3.8, 4) is 22.4 Å². The summed E-state index contributed by atoms with van der Waals surface area (Å²) in [5, 5.41) is 17.0. The van der Waals surface area contributed by atoms with E-state index in [9.17, 15) is 0 Å². The van der Waals surface area contributed by atoms with E-state index >= 15 is 0 Å². The van der Waals surface area contributed by atoms with Gasteiger partial charge in [0, 0.05) is 23.7 Å². The summed E-state index contributed by atoms with van der Waals surface area (Å²) in [5.41, 5.74) is 6.15. The second kappa shape index (κ2) is 9.51. The van der Waals surface area contributed by atoms with Crippen molar-refractivity contribution in [2.45, 2.75) is 26.2 Å². The van der Waals surface area contributed by atoms with Crippen LogP contribution in [0.1, 0.15) is 26.3 Å². The molecule has 0 radical (unpaired) electrons. The smallest absolute Gasteiger partial charge is 0.165 e. The Hall–Kier alpha value is -3.22. The Morgan fingerprint density at radius 1 is 0.969 bits per heavy atom. The number of ether oxygens (including phenoxy) is 1. The first-order valence-electron chi connectivity index (χ1n) is 10.9. The zero-order valence-corrected chi connectivity index (χ0v) is 18.9. The standard InChI is InChI=1S/C26H30N4O2/c1-26(2,3)21-11-7-10-20(16-21)22-18-28-30-24(27-12-14-32-15-13-31)17-23(29-25(22)30)19-8-5-4-6-9-19/h4-11,16-18,27,31H,12-15H2,1-3H3. The van der Waals surface area contributed by atoms with Crippen LogP contribution >= 0.6 is 0 Å². The van der Waals surface area contributed by atoms with Gasteiger partial charge in [-0.15, -0.1) is 0 Å². The van der Waals surface area contributed by atoms with E-state index in [1.54, 1.807) is 0 Å². The predicted octanol–water partition coefficient (Wildman–Crippen LogP) is 4.78. The summed E-state index contributed by atoms with van der Waals surface area (Å²) in [5.74, 6) is 0.847. The topological polar surface area (TPSA) is 71.7 Å². The predicted molar refractivity (Wildman–Crippen MR) is 129 cm³/mol. The molecule has 0 aliphatic carbocycles. The lowest BCUT2D eigenvalue weighted by Crippen LogP contribution is -2.14. The maximum Gasteiger partial charge on any atom is 0.165 e. The Morgan fingerprint density at radius 2 is 1.75 bits per heavy atom. The van der Waals surface area contributed by atoms with Crippen molar-refractivity contribution in [3.63, 3.8) is 0 Å². The van der Waals surface area contributed by atoms with Crippen molar-refractivity contribution < 1.29 is 9.84 Å². The third kappa shape index (κ3) is 4.82. The van der Waals surface area contributed by atoms with E-state index in [-0.39, 0.29) is 12.0 Å². The monoisotopic (exact) mass is 430 g/mol. The minimum atomic E-state index is 0.0216. The van der Waals surface area contributed by atoms with Gasteiger partial charge < -0.3 is 15.2 Å². The van der Waals surface area contributed by atoms with Gasteiger partial charge in [-0.05, 0) is 16.5 Å². The second-order valence-electron chi connectivity index (χ2n) is 8.78. The van der Waals surface area contributed by atoms with Crippen molar-refractivity contribution >= 4 is 11.5 Å². The van der Waals surface area contributed by atoms with E-state index in [2.05, 4.69) is 67.6 Å². The Bertz CT molecular complexity index is 1180. The molecule has 0 saturated carbocycles. The van der Waals surface area contributed by atoms with Crippen LogP contribution in [0.5, 0.6) is 0 Å². The largest absolute Gasteiger partial charge is 0.394 e. The molecule has 6 nitrogen and oxygen atoms in total. The summed E-state index contributed by atoms with van der Waals surface area (Å²) in [6, 6.07) is 20.8. The number of hydrogen-bond donors (Lipinski definition) is 2. The van der Waals surface area contributed by atoms with Crippen LogP contribution in [0.4, 0.5) is 5.82 Å². The average Bonchev–Trinajstić information content (AvgIpc) is 3.23. The fourth-order valence-electron chi connectivity index (χ4n) is 3.62. The maximum absolute atomic E-state index is 8.90. The zero-order chi connectivity index (χ0) is 22.6. The van der Waals surface area contributed by atoms with Crippen molar-refractivity contribution in [1.29, 1.82) is 0 Å². The van der Waals surface area contributed by atoms with E-state index < -0.39 is 0 Å². The summed E-state index contributed by atoms with van der Waals surface area (Å²) < 4.78 is 7.24. The van der Waals surface area contributed by atoms with Crippen molar-refractivity contribution in [3.05, 3.63) is 72.4 Å². The minimum Gasteiger partial charge on any atom is -0.394 e. The highest BCUT2D eigenvalue weighted by Crippen LogP contribution is 2.31. The van der Waals surface area contributed by atoms with E-state index in [4.69, 9.17) is 14.8 Å².